The molecule has 1 aromatic rings. The van der Waals surface area contributed by atoms with E-state index in [0.717, 1.165) is 9.26 Å². The van der Waals surface area contributed by atoms with E-state index in [2.05, 4.69) is 27.6 Å². The van der Waals surface area contributed by atoms with Gasteiger partial charge in [0.25, 0.3) is 5.91 Å². The standard InChI is InChI=1S/C11H13IN2O/c1-11(2,3)14-6-7-4-5-8(12)13-9(7)10(14)15/h4-5H,6H2,1-3H3. The fourth-order valence-corrected chi connectivity index (χ4v) is 2.11. The second-order valence-corrected chi connectivity index (χ2v) is 5.81. The van der Waals surface area contributed by atoms with Gasteiger partial charge in [0.05, 0.1) is 0 Å². The van der Waals surface area contributed by atoms with Gasteiger partial charge in [0.2, 0.25) is 0 Å². The maximum Gasteiger partial charge on any atom is 0.273 e. The van der Waals surface area contributed by atoms with Crippen molar-refractivity contribution in [3.05, 3.63) is 27.1 Å². The second-order valence-electron chi connectivity index (χ2n) is 4.70. The Hall–Kier alpha value is -0.650. The number of aromatic nitrogens is 1. The molecule has 80 valence electrons. The number of hydrogen-bond donors (Lipinski definition) is 0. The van der Waals surface area contributed by atoms with Crippen molar-refractivity contribution in [2.75, 3.05) is 0 Å². The molecule has 0 N–H and O–H groups in total. The SMILES string of the molecule is CC(C)(C)N1Cc2ccc(I)nc2C1=O. The van der Waals surface area contributed by atoms with Gasteiger partial charge in [0, 0.05) is 17.6 Å². The smallest absolute Gasteiger partial charge is 0.273 e. The van der Waals surface area contributed by atoms with E-state index in [1.165, 1.54) is 0 Å². The van der Waals surface area contributed by atoms with Gasteiger partial charge >= 0.3 is 0 Å². The minimum absolute atomic E-state index is 0.0519. The fraction of sp³-hybridized carbons (Fsp3) is 0.455. The van der Waals surface area contributed by atoms with Crippen molar-refractivity contribution in [2.24, 2.45) is 0 Å². The molecule has 4 heteroatoms. The van der Waals surface area contributed by atoms with E-state index in [1.54, 1.807) is 0 Å². The largest absolute Gasteiger partial charge is 0.328 e. The molecular weight excluding hydrogens is 303 g/mol. The first-order valence-corrected chi connectivity index (χ1v) is 5.95. The van der Waals surface area contributed by atoms with Crippen LogP contribution >= 0.6 is 22.6 Å². The average Bonchev–Trinajstić information content (AvgIpc) is 2.43. The van der Waals surface area contributed by atoms with E-state index < -0.39 is 0 Å². The number of pyridine rings is 1. The maximum atomic E-state index is 12.1. The van der Waals surface area contributed by atoms with Crippen molar-refractivity contribution in [3.8, 4) is 0 Å². The minimum Gasteiger partial charge on any atom is -0.328 e. The molecule has 0 aliphatic carbocycles. The third-order valence-corrected chi connectivity index (χ3v) is 3.13. The first-order chi connectivity index (χ1) is 6.89. The maximum absolute atomic E-state index is 12.1. The van der Waals surface area contributed by atoms with Crippen LogP contribution in [0, 0.1) is 3.70 Å². The van der Waals surface area contributed by atoms with Gasteiger partial charge in [-0.25, -0.2) is 4.98 Å². The van der Waals surface area contributed by atoms with E-state index in [9.17, 15) is 4.79 Å². The summed E-state index contributed by atoms with van der Waals surface area (Å²) < 4.78 is 0.871. The van der Waals surface area contributed by atoms with E-state index in [-0.39, 0.29) is 11.4 Å². The van der Waals surface area contributed by atoms with Gasteiger partial charge in [-0.05, 0) is 49.4 Å². The molecule has 1 aromatic heterocycles. The molecule has 0 aromatic carbocycles. The number of carbonyl (C=O) groups excluding carboxylic acids is 1. The lowest BCUT2D eigenvalue weighted by atomic mass is 10.1. The molecule has 1 aliphatic rings. The average molecular weight is 316 g/mol. The zero-order valence-electron chi connectivity index (χ0n) is 9.04. The summed E-state index contributed by atoms with van der Waals surface area (Å²) >= 11 is 2.13. The van der Waals surface area contributed by atoms with Crippen LogP contribution in [-0.2, 0) is 6.54 Å². The van der Waals surface area contributed by atoms with Gasteiger partial charge in [0.1, 0.15) is 9.39 Å². The molecule has 0 bridgehead atoms. The predicted octanol–water partition coefficient (Wildman–Crippen LogP) is 2.44. The predicted molar refractivity (Wildman–Crippen MR) is 66.6 cm³/mol. The van der Waals surface area contributed by atoms with E-state index in [4.69, 9.17) is 0 Å². The first kappa shape index (κ1) is 10.9. The Balaban J connectivity index is 2.42. The van der Waals surface area contributed by atoms with Crippen molar-refractivity contribution >= 4 is 28.5 Å². The monoisotopic (exact) mass is 316 g/mol. The third-order valence-electron chi connectivity index (χ3n) is 2.53. The van der Waals surface area contributed by atoms with Crippen molar-refractivity contribution in [1.82, 2.24) is 9.88 Å². The number of amides is 1. The summed E-state index contributed by atoms with van der Waals surface area (Å²) in [6.07, 6.45) is 0. The lowest BCUT2D eigenvalue weighted by molar-refractivity contribution is 0.0605. The number of fused-ring (bicyclic) bond motifs is 1. The molecule has 0 radical (unpaired) electrons. The van der Waals surface area contributed by atoms with Crippen LogP contribution in [0.4, 0.5) is 0 Å². The summed E-state index contributed by atoms with van der Waals surface area (Å²) in [5, 5.41) is 0. The molecule has 1 amide bonds. The Morgan fingerprint density at radius 3 is 2.67 bits per heavy atom. The number of nitrogens with zero attached hydrogens (tertiary/aromatic N) is 2. The Bertz CT molecular complexity index is 423. The highest BCUT2D eigenvalue weighted by atomic mass is 127. The second kappa shape index (κ2) is 3.43. The summed E-state index contributed by atoms with van der Waals surface area (Å²) in [7, 11) is 0. The van der Waals surface area contributed by atoms with Gasteiger partial charge < -0.3 is 4.90 Å². The molecule has 2 heterocycles. The highest BCUT2D eigenvalue weighted by molar-refractivity contribution is 14.1. The highest BCUT2D eigenvalue weighted by Crippen LogP contribution is 2.28. The number of halogens is 1. The van der Waals surface area contributed by atoms with E-state index >= 15 is 0 Å². The fourth-order valence-electron chi connectivity index (χ4n) is 1.69. The molecular formula is C11H13IN2O. The summed E-state index contributed by atoms with van der Waals surface area (Å²) in [4.78, 5) is 18.2. The first-order valence-electron chi connectivity index (χ1n) is 4.87. The summed E-state index contributed by atoms with van der Waals surface area (Å²) in [5.41, 5.74) is 1.52. The zero-order chi connectivity index (χ0) is 11.2. The van der Waals surface area contributed by atoms with Crippen LogP contribution in [0.15, 0.2) is 12.1 Å². The molecule has 0 spiro atoms. The summed E-state index contributed by atoms with van der Waals surface area (Å²) in [6.45, 7) is 6.81. The Kier molecular flexibility index (Phi) is 2.48. The molecule has 0 fully saturated rings. The number of hydrogen-bond acceptors (Lipinski definition) is 2. The van der Waals surface area contributed by atoms with Gasteiger partial charge in [-0.2, -0.15) is 0 Å². The molecule has 0 unspecified atom stereocenters. The Labute approximate surface area is 103 Å². The molecule has 2 rings (SSSR count). The van der Waals surface area contributed by atoms with Gasteiger partial charge in [0.15, 0.2) is 0 Å². The molecule has 0 saturated carbocycles. The van der Waals surface area contributed by atoms with Crippen LogP contribution in [0.1, 0.15) is 36.8 Å². The van der Waals surface area contributed by atoms with Crippen molar-refractivity contribution in [3.63, 3.8) is 0 Å². The lowest BCUT2D eigenvalue weighted by Crippen LogP contribution is -2.41. The van der Waals surface area contributed by atoms with Gasteiger partial charge in [-0.3, -0.25) is 4.79 Å². The third kappa shape index (κ3) is 1.87. The van der Waals surface area contributed by atoms with Crippen molar-refractivity contribution < 1.29 is 4.79 Å². The highest BCUT2D eigenvalue weighted by Gasteiger charge is 2.35. The van der Waals surface area contributed by atoms with Crippen LogP contribution in [0.25, 0.3) is 0 Å². The summed E-state index contributed by atoms with van der Waals surface area (Å²) in [6, 6.07) is 3.94. The van der Waals surface area contributed by atoms with Crippen LogP contribution in [0.2, 0.25) is 0 Å². The van der Waals surface area contributed by atoms with E-state index in [0.29, 0.717) is 12.2 Å². The lowest BCUT2D eigenvalue weighted by Gasteiger charge is -2.31. The molecule has 0 saturated heterocycles. The van der Waals surface area contributed by atoms with Crippen LogP contribution in [-0.4, -0.2) is 21.3 Å². The Morgan fingerprint density at radius 2 is 2.07 bits per heavy atom. The Morgan fingerprint density at radius 1 is 1.40 bits per heavy atom. The molecule has 1 aliphatic heterocycles. The zero-order valence-corrected chi connectivity index (χ0v) is 11.2. The van der Waals surface area contributed by atoms with Crippen molar-refractivity contribution in [2.45, 2.75) is 32.9 Å². The number of carbonyl (C=O) groups is 1. The molecule has 0 atom stereocenters. The minimum atomic E-state index is -0.136. The normalized spacial score (nSPS) is 15.7. The molecule has 15 heavy (non-hydrogen) atoms. The van der Waals surface area contributed by atoms with Crippen LogP contribution in [0.3, 0.4) is 0 Å². The van der Waals surface area contributed by atoms with Gasteiger partial charge in [-0.1, -0.05) is 6.07 Å². The number of rotatable bonds is 0. The summed E-state index contributed by atoms with van der Waals surface area (Å²) in [5.74, 6) is 0.0519. The quantitative estimate of drug-likeness (QED) is 0.544. The van der Waals surface area contributed by atoms with Crippen molar-refractivity contribution in [1.29, 1.82) is 0 Å². The molecule has 3 nitrogen and oxygen atoms in total. The topological polar surface area (TPSA) is 33.2 Å². The van der Waals surface area contributed by atoms with E-state index in [1.807, 2.05) is 37.8 Å². The van der Waals surface area contributed by atoms with Gasteiger partial charge in [-0.15, -0.1) is 0 Å². The van der Waals surface area contributed by atoms with Crippen LogP contribution < -0.4 is 0 Å². The van der Waals surface area contributed by atoms with Crippen LogP contribution in [0.5, 0.6) is 0 Å².